The van der Waals surface area contributed by atoms with Gasteiger partial charge in [-0.25, -0.2) is 18.1 Å². The quantitative estimate of drug-likeness (QED) is 0.500. The van der Waals surface area contributed by atoms with Gasteiger partial charge in [0.1, 0.15) is 0 Å². The fourth-order valence-electron chi connectivity index (χ4n) is 2.60. The van der Waals surface area contributed by atoms with Crippen LogP contribution in [0.3, 0.4) is 0 Å². The summed E-state index contributed by atoms with van der Waals surface area (Å²) in [7, 11) is -3.68. The Kier molecular flexibility index (Phi) is 7.07. The number of carboxylic acid groups (broad SMARTS) is 1. The zero-order chi connectivity index (χ0) is 23.2. The minimum absolute atomic E-state index is 0.0462. The number of aromatic hydroxyl groups is 1. The van der Waals surface area contributed by atoms with E-state index in [4.69, 9.17) is 15.2 Å². The van der Waals surface area contributed by atoms with Crippen LogP contribution in [0.2, 0.25) is 0 Å². The van der Waals surface area contributed by atoms with E-state index in [-0.39, 0.29) is 23.7 Å². The maximum atomic E-state index is 11.8. The maximum Gasteiger partial charge on any atom is 0.290 e. The number of carbonyl (C=O) groups is 2. The first-order chi connectivity index (χ1) is 14.6. The second-order valence-electron chi connectivity index (χ2n) is 6.10. The summed E-state index contributed by atoms with van der Waals surface area (Å²) in [6.07, 6.45) is 2.07. The largest absolute Gasteiger partial charge is 0.493 e. The zero-order valence-electron chi connectivity index (χ0n) is 16.3. The molecule has 3 aromatic rings. The molecule has 1 aromatic carbocycles. The van der Waals surface area contributed by atoms with Crippen LogP contribution < -0.4 is 4.72 Å². The lowest BCUT2D eigenvalue weighted by Crippen LogP contribution is -2.29. The van der Waals surface area contributed by atoms with E-state index >= 15 is 0 Å². The smallest absolute Gasteiger partial charge is 0.290 e. The summed E-state index contributed by atoms with van der Waals surface area (Å²) in [5, 5.41) is 30.7. The monoisotopic (exact) mass is 443 g/mol. The number of pyridine rings is 1. The topological polar surface area (TPSA) is 175 Å². The van der Waals surface area contributed by atoms with Gasteiger partial charge in [-0.2, -0.15) is 15.0 Å². The molecule has 2 heterocycles. The summed E-state index contributed by atoms with van der Waals surface area (Å²) in [5.74, 6) is -0.708. The Morgan fingerprint density at radius 2 is 1.84 bits per heavy atom. The van der Waals surface area contributed by atoms with Crippen molar-refractivity contribution >= 4 is 22.4 Å². The molecular formula is C19H17N5O6S. The highest BCUT2D eigenvalue weighted by atomic mass is 32.2. The average molecular weight is 443 g/mol. The van der Waals surface area contributed by atoms with E-state index in [0.29, 0.717) is 22.4 Å². The highest BCUT2D eigenvalue weighted by Gasteiger charge is 2.19. The maximum absolute atomic E-state index is 11.8. The molecule has 0 aliphatic heterocycles. The SMILES string of the molecule is Cc1nn(-c2ccc(C(=O)NS(C)(=O)=O)cn2)c(O)c1-c1ccc(C#N)cc1.O=CO. The third-order valence-electron chi connectivity index (χ3n) is 3.84. The molecule has 0 saturated carbocycles. The summed E-state index contributed by atoms with van der Waals surface area (Å²) in [4.78, 5) is 24.3. The third kappa shape index (κ3) is 5.64. The molecule has 0 spiro atoms. The van der Waals surface area contributed by atoms with Crippen molar-refractivity contribution in [2.24, 2.45) is 0 Å². The summed E-state index contributed by atoms with van der Waals surface area (Å²) < 4.78 is 25.4. The lowest BCUT2D eigenvalue weighted by molar-refractivity contribution is -0.122. The van der Waals surface area contributed by atoms with E-state index in [0.717, 1.165) is 6.26 Å². The fourth-order valence-corrected chi connectivity index (χ4v) is 3.05. The molecule has 2 aromatic heterocycles. The van der Waals surface area contributed by atoms with Crippen molar-refractivity contribution < 1.29 is 28.2 Å². The lowest BCUT2D eigenvalue weighted by atomic mass is 10.0. The average Bonchev–Trinajstić information content (AvgIpc) is 3.01. The van der Waals surface area contributed by atoms with Crippen molar-refractivity contribution in [3.05, 3.63) is 59.4 Å². The molecule has 0 aliphatic carbocycles. The number of aromatic nitrogens is 3. The number of hydrogen-bond donors (Lipinski definition) is 3. The Hall–Kier alpha value is -4.24. The van der Waals surface area contributed by atoms with Gasteiger partial charge in [-0.15, -0.1) is 0 Å². The fraction of sp³-hybridized carbons (Fsp3) is 0.105. The van der Waals surface area contributed by atoms with E-state index < -0.39 is 15.9 Å². The van der Waals surface area contributed by atoms with Crippen molar-refractivity contribution in [3.8, 4) is 28.9 Å². The summed E-state index contributed by atoms with van der Waals surface area (Å²) in [6.45, 7) is 1.47. The first kappa shape index (κ1) is 23.0. The van der Waals surface area contributed by atoms with Crippen LogP contribution in [0.4, 0.5) is 0 Å². The number of nitriles is 1. The lowest BCUT2D eigenvalue weighted by Gasteiger charge is -2.05. The van der Waals surface area contributed by atoms with Gasteiger partial charge in [0, 0.05) is 6.20 Å². The van der Waals surface area contributed by atoms with E-state index in [1.54, 1.807) is 31.2 Å². The van der Waals surface area contributed by atoms with E-state index in [1.807, 2.05) is 10.8 Å². The Bertz CT molecular complexity index is 1240. The first-order valence-electron chi connectivity index (χ1n) is 8.46. The van der Waals surface area contributed by atoms with Crippen LogP contribution >= 0.6 is 0 Å². The molecule has 31 heavy (non-hydrogen) atoms. The molecule has 0 fully saturated rings. The van der Waals surface area contributed by atoms with Crippen molar-refractivity contribution in [1.82, 2.24) is 19.5 Å². The van der Waals surface area contributed by atoms with Crippen LogP contribution in [0.5, 0.6) is 5.88 Å². The van der Waals surface area contributed by atoms with Gasteiger partial charge in [0.25, 0.3) is 12.4 Å². The zero-order valence-corrected chi connectivity index (χ0v) is 17.2. The molecule has 0 atom stereocenters. The standard InChI is InChI=1S/C18H15N5O4S.CH2O2/c1-11-16(13-5-3-12(9-19)4-6-13)18(25)23(21-11)15-8-7-14(10-20-15)17(24)22-28(2,26)27;2-1-3/h3-8,10,25H,1-2H3,(H,22,24);1H,(H,2,3). The summed E-state index contributed by atoms with van der Waals surface area (Å²) >= 11 is 0. The van der Waals surface area contributed by atoms with Gasteiger partial charge in [0.15, 0.2) is 5.82 Å². The van der Waals surface area contributed by atoms with Gasteiger partial charge >= 0.3 is 0 Å². The summed E-state index contributed by atoms with van der Waals surface area (Å²) in [6, 6.07) is 11.5. The number of carbonyl (C=O) groups excluding carboxylic acids is 1. The predicted molar refractivity (Wildman–Crippen MR) is 109 cm³/mol. The van der Waals surface area contributed by atoms with Gasteiger partial charge < -0.3 is 10.2 Å². The third-order valence-corrected chi connectivity index (χ3v) is 4.40. The van der Waals surface area contributed by atoms with Crippen LogP contribution in [0.1, 0.15) is 21.6 Å². The van der Waals surface area contributed by atoms with Crippen molar-refractivity contribution in [1.29, 1.82) is 5.26 Å². The number of rotatable bonds is 4. The number of nitrogens with one attached hydrogen (secondary N) is 1. The van der Waals surface area contributed by atoms with E-state index in [2.05, 4.69) is 10.1 Å². The molecule has 0 saturated heterocycles. The van der Waals surface area contributed by atoms with Crippen molar-refractivity contribution in [2.75, 3.05) is 6.26 Å². The number of amides is 1. The Balaban J connectivity index is 0.00000107. The van der Waals surface area contributed by atoms with Gasteiger partial charge in [0.05, 0.1) is 34.7 Å². The Labute approximate surface area is 177 Å². The first-order valence-corrected chi connectivity index (χ1v) is 10.4. The number of hydrogen-bond acceptors (Lipinski definition) is 8. The number of nitrogens with zero attached hydrogens (tertiary/aromatic N) is 4. The molecule has 0 aliphatic rings. The number of benzene rings is 1. The number of aryl methyl sites for hydroxylation is 1. The van der Waals surface area contributed by atoms with Crippen LogP contribution in [0.15, 0.2) is 42.6 Å². The van der Waals surface area contributed by atoms with Crippen LogP contribution in [0.25, 0.3) is 16.9 Å². The highest BCUT2D eigenvalue weighted by Crippen LogP contribution is 2.33. The van der Waals surface area contributed by atoms with Gasteiger partial charge in [-0.05, 0) is 36.8 Å². The van der Waals surface area contributed by atoms with E-state index in [1.165, 1.54) is 23.0 Å². The van der Waals surface area contributed by atoms with Crippen molar-refractivity contribution in [3.63, 3.8) is 0 Å². The molecule has 0 unspecified atom stereocenters. The Morgan fingerprint density at radius 3 is 2.32 bits per heavy atom. The highest BCUT2D eigenvalue weighted by molar-refractivity contribution is 7.89. The predicted octanol–water partition coefficient (Wildman–Crippen LogP) is 1.21. The van der Waals surface area contributed by atoms with Crippen molar-refractivity contribution in [2.45, 2.75) is 6.92 Å². The normalized spacial score (nSPS) is 10.4. The van der Waals surface area contributed by atoms with Gasteiger partial charge in [-0.1, -0.05) is 12.1 Å². The van der Waals surface area contributed by atoms with Crippen LogP contribution in [-0.2, 0) is 14.8 Å². The molecule has 3 rings (SSSR count). The molecule has 3 N–H and O–H groups in total. The molecule has 11 nitrogen and oxygen atoms in total. The van der Waals surface area contributed by atoms with Crippen LogP contribution in [-0.4, -0.2) is 52.0 Å². The minimum Gasteiger partial charge on any atom is -0.493 e. The molecule has 1 amide bonds. The van der Waals surface area contributed by atoms with Gasteiger partial charge in [0.2, 0.25) is 15.9 Å². The molecular weight excluding hydrogens is 426 g/mol. The van der Waals surface area contributed by atoms with Gasteiger partial charge in [-0.3, -0.25) is 9.59 Å². The van der Waals surface area contributed by atoms with E-state index in [9.17, 15) is 18.3 Å². The van der Waals surface area contributed by atoms with Crippen LogP contribution in [0, 0.1) is 18.3 Å². The molecule has 0 bridgehead atoms. The molecule has 12 heteroatoms. The second-order valence-corrected chi connectivity index (χ2v) is 7.85. The second kappa shape index (κ2) is 9.51. The minimum atomic E-state index is -3.68. The Morgan fingerprint density at radius 1 is 1.23 bits per heavy atom. The summed E-state index contributed by atoms with van der Waals surface area (Å²) in [5.41, 5.74) is 2.26. The molecule has 0 radical (unpaired) electrons. The number of sulfonamides is 1. The molecule has 160 valence electrons.